The quantitative estimate of drug-likeness (QED) is 0.215. The van der Waals surface area contributed by atoms with E-state index in [1.807, 2.05) is 0 Å². The highest BCUT2D eigenvalue weighted by Crippen LogP contribution is 2.28. The minimum absolute atomic E-state index is 0.0582. The van der Waals surface area contributed by atoms with Gasteiger partial charge in [0, 0.05) is 36.7 Å². The van der Waals surface area contributed by atoms with Crippen LogP contribution in [0.1, 0.15) is 23.8 Å². The molecule has 1 aromatic carbocycles. The van der Waals surface area contributed by atoms with Crippen LogP contribution in [0.3, 0.4) is 0 Å². The van der Waals surface area contributed by atoms with Gasteiger partial charge in [-0.05, 0) is 45.8 Å². The number of likely N-dealkylation sites (tertiary alicyclic amines) is 1. The number of Topliss-reactive ketones (excluding diaryl/α,β-unsaturated/α-hetero) is 1. The first kappa shape index (κ1) is 29.7. The van der Waals surface area contributed by atoms with Gasteiger partial charge in [0.15, 0.2) is 15.6 Å². The van der Waals surface area contributed by atoms with Gasteiger partial charge in [-0.3, -0.25) is 19.1 Å². The maximum atomic E-state index is 14.5. The van der Waals surface area contributed by atoms with Crippen molar-refractivity contribution in [3.05, 3.63) is 59.1 Å². The van der Waals surface area contributed by atoms with Gasteiger partial charge in [-0.25, -0.2) is 27.8 Å². The SMILES string of the molecule is CC(=O)c1nn(CC(=O)N2C[C@H](F)C[C@H]2C(=O)Nc2cccc(Br)n2)c2ccc(-c3cnc(OC4CS(=O)(=O)C4)nc3)cc12. The number of amides is 2. The molecule has 0 unspecified atom stereocenters. The van der Waals surface area contributed by atoms with Gasteiger partial charge in [-0.15, -0.1) is 0 Å². The minimum atomic E-state index is -3.04. The number of carbonyl (C=O) groups is 3. The van der Waals surface area contributed by atoms with Crippen LogP contribution in [0, 0.1) is 0 Å². The van der Waals surface area contributed by atoms with Gasteiger partial charge in [-0.1, -0.05) is 12.1 Å². The lowest BCUT2D eigenvalue weighted by atomic mass is 10.0. The van der Waals surface area contributed by atoms with Crippen LogP contribution >= 0.6 is 15.9 Å². The lowest BCUT2D eigenvalue weighted by Gasteiger charge is -2.25. The summed E-state index contributed by atoms with van der Waals surface area (Å²) in [6.45, 7) is 0.795. The average molecular weight is 687 g/mol. The van der Waals surface area contributed by atoms with Crippen molar-refractivity contribution in [3.8, 4) is 17.1 Å². The second-order valence-corrected chi connectivity index (χ2v) is 13.6. The summed E-state index contributed by atoms with van der Waals surface area (Å²) in [6.07, 6.45) is 1.04. The Hall–Kier alpha value is -4.31. The Kier molecular flexibility index (Phi) is 7.88. The molecule has 2 aliphatic heterocycles. The van der Waals surface area contributed by atoms with Gasteiger partial charge in [0.2, 0.25) is 11.8 Å². The Morgan fingerprint density at radius 3 is 2.55 bits per heavy atom. The first-order valence-electron chi connectivity index (χ1n) is 13.5. The number of benzene rings is 1. The Balaban J connectivity index is 1.21. The second kappa shape index (κ2) is 11.6. The van der Waals surface area contributed by atoms with E-state index in [1.165, 1.54) is 28.9 Å². The summed E-state index contributed by atoms with van der Waals surface area (Å²) in [5.74, 6) is -1.28. The van der Waals surface area contributed by atoms with Gasteiger partial charge < -0.3 is 15.0 Å². The van der Waals surface area contributed by atoms with Crippen LogP contribution in [0.5, 0.6) is 6.01 Å². The highest BCUT2D eigenvalue weighted by molar-refractivity contribution is 9.10. The van der Waals surface area contributed by atoms with Crippen LogP contribution in [0.4, 0.5) is 10.2 Å². The number of ketones is 1. The first-order chi connectivity index (χ1) is 21.0. The fraction of sp³-hybridized carbons (Fsp3) is 0.321. The van der Waals surface area contributed by atoms with Crippen molar-refractivity contribution in [1.82, 2.24) is 29.6 Å². The summed E-state index contributed by atoms with van der Waals surface area (Å²) in [5, 5.41) is 7.51. The van der Waals surface area contributed by atoms with E-state index in [9.17, 15) is 27.2 Å². The molecule has 0 aliphatic carbocycles. The molecule has 0 spiro atoms. The van der Waals surface area contributed by atoms with E-state index < -0.39 is 40.0 Å². The molecule has 0 radical (unpaired) electrons. The molecule has 0 bridgehead atoms. The van der Waals surface area contributed by atoms with Crippen molar-refractivity contribution in [2.24, 2.45) is 0 Å². The van der Waals surface area contributed by atoms with E-state index in [0.717, 1.165) is 0 Å². The lowest BCUT2D eigenvalue weighted by Crippen LogP contribution is -2.45. The van der Waals surface area contributed by atoms with E-state index >= 15 is 0 Å². The fourth-order valence-corrected chi connectivity index (χ4v) is 6.73. The summed E-state index contributed by atoms with van der Waals surface area (Å²) < 4.78 is 44.6. The number of aromatic nitrogens is 5. The number of carbonyl (C=O) groups excluding carboxylic acids is 3. The van der Waals surface area contributed by atoms with Gasteiger partial charge in [0.1, 0.15) is 41.0 Å². The molecule has 1 N–H and O–H groups in total. The van der Waals surface area contributed by atoms with E-state index in [1.54, 1.807) is 36.4 Å². The van der Waals surface area contributed by atoms with E-state index in [2.05, 4.69) is 41.3 Å². The second-order valence-electron chi connectivity index (χ2n) is 10.6. The fourth-order valence-electron chi connectivity index (χ4n) is 5.22. The van der Waals surface area contributed by atoms with Gasteiger partial charge >= 0.3 is 6.01 Å². The zero-order valence-electron chi connectivity index (χ0n) is 23.2. The topological polar surface area (TPSA) is 166 Å². The number of hydrogen-bond acceptors (Lipinski definition) is 10. The van der Waals surface area contributed by atoms with Crippen LogP contribution in [-0.4, -0.2) is 92.0 Å². The van der Waals surface area contributed by atoms with Crippen LogP contribution in [-0.2, 0) is 26.0 Å². The van der Waals surface area contributed by atoms with Crippen molar-refractivity contribution in [1.29, 1.82) is 0 Å². The molecule has 4 aromatic rings. The Labute approximate surface area is 258 Å². The maximum Gasteiger partial charge on any atom is 0.316 e. The standard InChI is InChI=1S/C28H25BrFN7O6S/c1-15(38)26-20-7-16(17-9-31-28(32-10-17)43-19-13-44(41,42)14-19)5-6-21(20)37(35-26)12-25(39)36-11-18(30)8-22(36)27(40)34-24-4-2-3-23(29)33-24/h2-7,9-10,18-19,22H,8,11-14H2,1H3,(H,33,34,40)/t18-,22+/m1/s1. The summed E-state index contributed by atoms with van der Waals surface area (Å²) in [7, 11) is -3.04. The highest BCUT2D eigenvalue weighted by atomic mass is 79.9. The molecule has 5 heterocycles. The van der Waals surface area contributed by atoms with Gasteiger partial charge in [0.05, 0.1) is 23.6 Å². The Bertz CT molecular complexity index is 1890. The smallest absolute Gasteiger partial charge is 0.316 e. The monoisotopic (exact) mass is 685 g/mol. The molecule has 13 nitrogen and oxygen atoms in total. The maximum absolute atomic E-state index is 14.5. The number of alkyl halides is 1. The number of nitrogens with one attached hydrogen (secondary N) is 1. The molecule has 44 heavy (non-hydrogen) atoms. The third kappa shape index (κ3) is 6.17. The zero-order chi connectivity index (χ0) is 31.2. The van der Waals surface area contributed by atoms with Crippen molar-refractivity contribution >= 4 is 60.1 Å². The van der Waals surface area contributed by atoms with Crippen molar-refractivity contribution in [3.63, 3.8) is 0 Å². The lowest BCUT2D eigenvalue weighted by molar-refractivity contribution is -0.137. The summed E-state index contributed by atoms with van der Waals surface area (Å²) >= 11 is 3.24. The number of pyridine rings is 1. The first-order valence-corrected chi connectivity index (χ1v) is 16.1. The highest BCUT2D eigenvalue weighted by Gasteiger charge is 2.40. The van der Waals surface area contributed by atoms with E-state index in [4.69, 9.17) is 4.74 Å². The number of nitrogens with zero attached hydrogens (tertiary/aromatic N) is 6. The number of halogens is 2. The molecule has 0 saturated carbocycles. The molecule has 2 atom stereocenters. The predicted molar refractivity (Wildman–Crippen MR) is 159 cm³/mol. The summed E-state index contributed by atoms with van der Waals surface area (Å²) in [5.41, 5.74) is 1.91. The normalized spacial score (nSPS) is 19.5. The number of anilines is 1. The minimum Gasteiger partial charge on any atom is -0.458 e. The zero-order valence-corrected chi connectivity index (χ0v) is 25.6. The number of sulfone groups is 1. The third-order valence-electron chi connectivity index (χ3n) is 7.32. The molecule has 2 amide bonds. The van der Waals surface area contributed by atoms with Crippen molar-refractivity contribution in [2.75, 3.05) is 23.4 Å². The van der Waals surface area contributed by atoms with Crippen molar-refractivity contribution in [2.45, 2.75) is 38.2 Å². The molecular weight excluding hydrogens is 661 g/mol. The average Bonchev–Trinajstić information content (AvgIpc) is 3.53. The molecule has 16 heteroatoms. The summed E-state index contributed by atoms with van der Waals surface area (Å²) in [6, 6.07) is 9.16. The predicted octanol–water partition coefficient (Wildman–Crippen LogP) is 2.61. The number of hydrogen-bond donors (Lipinski definition) is 1. The van der Waals surface area contributed by atoms with Crippen LogP contribution < -0.4 is 10.1 Å². The Morgan fingerprint density at radius 2 is 1.86 bits per heavy atom. The van der Waals surface area contributed by atoms with Gasteiger partial charge in [0.25, 0.3) is 0 Å². The van der Waals surface area contributed by atoms with Crippen molar-refractivity contribution < 1.29 is 31.9 Å². The number of rotatable bonds is 8. The van der Waals surface area contributed by atoms with Crippen LogP contribution in [0.15, 0.2) is 53.4 Å². The summed E-state index contributed by atoms with van der Waals surface area (Å²) in [4.78, 5) is 52.6. The van der Waals surface area contributed by atoms with Gasteiger partial charge in [-0.2, -0.15) is 5.10 Å². The number of ether oxygens (including phenoxy) is 1. The third-order valence-corrected chi connectivity index (χ3v) is 9.52. The molecule has 3 aromatic heterocycles. The molecule has 2 fully saturated rings. The Morgan fingerprint density at radius 1 is 1.11 bits per heavy atom. The van der Waals surface area contributed by atoms with Crippen LogP contribution in [0.25, 0.3) is 22.0 Å². The molecule has 2 saturated heterocycles. The van der Waals surface area contributed by atoms with E-state index in [-0.39, 0.29) is 54.3 Å². The molecule has 2 aliphatic rings. The molecular formula is C28H25BrFN7O6S. The molecule has 228 valence electrons. The largest absolute Gasteiger partial charge is 0.458 e. The van der Waals surface area contributed by atoms with Crippen LogP contribution in [0.2, 0.25) is 0 Å². The molecule has 6 rings (SSSR count). The number of fused-ring (bicyclic) bond motifs is 1. The van der Waals surface area contributed by atoms with E-state index in [0.29, 0.717) is 26.6 Å².